The largest absolute Gasteiger partial charge is 0.327 e. The highest BCUT2D eigenvalue weighted by atomic mass is 79.9. The molecule has 3 heteroatoms. The van der Waals surface area contributed by atoms with Crippen molar-refractivity contribution >= 4 is 21.7 Å². The molecule has 1 aromatic carbocycles. The van der Waals surface area contributed by atoms with E-state index in [9.17, 15) is 4.79 Å². The molecule has 0 aliphatic heterocycles. The van der Waals surface area contributed by atoms with Crippen LogP contribution in [-0.4, -0.2) is 11.8 Å². The van der Waals surface area contributed by atoms with Crippen LogP contribution in [0.25, 0.3) is 0 Å². The maximum atomic E-state index is 11.7. The Kier molecular flexibility index (Phi) is 4.48. The molecule has 0 aromatic heterocycles. The van der Waals surface area contributed by atoms with Crippen LogP contribution >= 0.6 is 15.9 Å². The summed E-state index contributed by atoms with van der Waals surface area (Å²) in [4.78, 5) is 11.7. The second-order valence-corrected chi connectivity index (χ2v) is 4.83. The molecule has 2 atom stereocenters. The second kappa shape index (κ2) is 5.42. The number of halogens is 1. The van der Waals surface area contributed by atoms with Crippen molar-refractivity contribution < 1.29 is 4.79 Å². The normalized spacial score (nSPS) is 14.7. The minimum absolute atomic E-state index is 0.0753. The number of benzene rings is 1. The van der Waals surface area contributed by atoms with Gasteiger partial charge >= 0.3 is 0 Å². The van der Waals surface area contributed by atoms with Gasteiger partial charge in [0.1, 0.15) is 5.78 Å². The standard InChI is InChI=1S/C12H16BrNO/c1-8(9(2)14)12(15)7-10-3-5-11(13)6-4-10/h3-6,8-9H,7,14H2,1-2H3. The molecule has 15 heavy (non-hydrogen) atoms. The third-order valence-electron chi connectivity index (χ3n) is 2.59. The highest BCUT2D eigenvalue weighted by molar-refractivity contribution is 9.10. The average Bonchev–Trinajstić information content (AvgIpc) is 2.20. The van der Waals surface area contributed by atoms with Crippen molar-refractivity contribution in [2.24, 2.45) is 11.7 Å². The van der Waals surface area contributed by atoms with Gasteiger partial charge < -0.3 is 5.73 Å². The van der Waals surface area contributed by atoms with Crippen LogP contribution in [0.15, 0.2) is 28.7 Å². The molecule has 0 saturated carbocycles. The van der Waals surface area contributed by atoms with Gasteiger partial charge in [-0.1, -0.05) is 35.0 Å². The predicted octanol–water partition coefficient (Wildman–Crippen LogP) is 2.54. The summed E-state index contributed by atoms with van der Waals surface area (Å²) in [5, 5.41) is 0. The Morgan fingerprint density at radius 2 is 1.87 bits per heavy atom. The zero-order chi connectivity index (χ0) is 11.4. The van der Waals surface area contributed by atoms with Crippen LogP contribution in [0.1, 0.15) is 19.4 Å². The molecule has 82 valence electrons. The van der Waals surface area contributed by atoms with Gasteiger partial charge in [0.2, 0.25) is 0 Å². The Bertz CT molecular complexity index is 332. The van der Waals surface area contributed by atoms with E-state index in [1.54, 1.807) is 0 Å². The maximum Gasteiger partial charge on any atom is 0.141 e. The highest BCUT2D eigenvalue weighted by Crippen LogP contribution is 2.13. The maximum absolute atomic E-state index is 11.7. The van der Waals surface area contributed by atoms with E-state index in [2.05, 4.69) is 15.9 Å². The molecule has 0 aliphatic carbocycles. The molecule has 1 rings (SSSR count). The number of hydrogen-bond acceptors (Lipinski definition) is 2. The van der Waals surface area contributed by atoms with Crippen LogP contribution in [0.2, 0.25) is 0 Å². The number of ketones is 1. The van der Waals surface area contributed by atoms with E-state index < -0.39 is 0 Å². The zero-order valence-electron chi connectivity index (χ0n) is 9.03. The zero-order valence-corrected chi connectivity index (χ0v) is 10.6. The first-order valence-corrected chi connectivity index (χ1v) is 5.82. The first kappa shape index (κ1) is 12.4. The van der Waals surface area contributed by atoms with Gasteiger partial charge in [-0.15, -0.1) is 0 Å². The molecule has 2 nitrogen and oxygen atoms in total. The van der Waals surface area contributed by atoms with Gasteiger partial charge in [0, 0.05) is 22.9 Å². The summed E-state index contributed by atoms with van der Waals surface area (Å²) in [6, 6.07) is 7.72. The Hall–Kier alpha value is -0.670. The van der Waals surface area contributed by atoms with Crippen molar-refractivity contribution in [3.05, 3.63) is 34.3 Å². The summed E-state index contributed by atoms with van der Waals surface area (Å²) in [5.41, 5.74) is 6.72. The summed E-state index contributed by atoms with van der Waals surface area (Å²) in [5.74, 6) is 0.126. The molecule has 0 bridgehead atoms. The van der Waals surface area contributed by atoms with Crippen molar-refractivity contribution in [3.63, 3.8) is 0 Å². The summed E-state index contributed by atoms with van der Waals surface area (Å²) >= 11 is 3.36. The SMILES string of the molecule is CC(N)C(C)C(=O)Cc1ccc(Br)cc1. The molecule has 0 spiro atoms. The van der Waals surface area contributed by atoms with Gasteiger partial charge in [0.05, 0.1) is 0 Å². The van der Waals surface area contributed by atoms with Gasteiger partial charge in [-0.05, 0) is 24.6 Å². The molecular weight excluding hydrogens is 254 g/mol. The monoisotopic (exact) mass is 269 g/mol. The smallest absolute Gasteiger partial charge is 0.141 e. The second-order valence-electron chi connectivity index (χ2n) is 3.92. The Labute approximate surface area is 99.0 Å². The Balaban J connectivity index is 2.62. The van der Waals surface area contributed by atoms with Crippen LogP contribution < -0.4 is 5.73 Å². The minimum atomic E-state index is -0.0760. The lowest BCUT2D eigenvalue weighted by atomic mass is 9.94. The van der Waals surface area contributed by atoms with Gasteiger partial charge in [-0.25, -0.2) is 0 Å². The third kappa shape index (κ3) is 3.76. The molecule has 2 unspecified atom stereocenters. The lowest BCUT2D eigenvalue weighted by Gasteiger charge is -2.13. The number of nitrogens with two attached hydrogens (primary N) is 1. The van der Waals surface area contributed by atoms with Crippen LogP contribution in [0.4, 0.5) is 0 Å². The highest BCUT2D eigenvalue weighted by Gasteiger charge is 2.16. The van der Waals surface area contributed by atoms with E-state index in [-0.39, 0.29) is 17.7 Å². The van der Waals surface area contributed by atoms with Crippen molar-refractivity contribution in [1.82, 2.24) is 0 Å². The Morgan fingerprint density at radius 1 is 1.33 bits per heavy atom. The molecule has 0 radical (unpaired) electrons. The molecular formula is C12H16BrNO. The third-order valence-corrected chi connectivity index (χ3v) is 3.12. The molecule has 0 aliphatic rings. The van der Waals surface area contributed by atoms with Crippen molar-refractivity contribution in [2.45, 2.75) is 26.3 Å². The van der Waals surface area contributed by atoms with Crippen LogP contribution in [0.5, 0.6) is 0 Å². The quantitative estimate of drug-likeness (QED) is 0.913. The first-order chi connectivity index (χ1) is 7.00. The minimum Gasteiger partial charge on any atom is -0.327 e. The summed E-state index contributed by atoms with van der Waals surface area (Å²) in [6.07, 6.45) is 0.468. The molecule has 2 N–H and O–H groups in total. The van der Waals surface area contributed by atoms with Gasteiger partial charge in [-0.3, -0.25) is 4.79 Å². The molecule has 0 heterocycles. The van der Waals surface area contributed by atoms with E-state index >= 15 is 0 Å². The van der Waals surface area contributed by atoms with Gasteiger partial charge in [0.15, 0.2) is 0 Å². The molecule has 0 amide bonds. The fraction of sp³-hybridized carbons (Fsp3) is 0.417. The fourth-order valence-corrected chi connectivity index (χ4v) is 1.52. The number of hydrogen-bond donors (Lipinski definition) is 1. The molecule has 0 fully saturated rings. The first-order valence-electron chi connectivity index (χ1n) is 5.03. The molecule has 1 aromatic rings. The summed E-state index contributed by atoms with van der Waals surface area (Å²) in [7, 11) is 0. The van der Waals surface area contributed by atoms with Crippen molar-refractivity contribution in [3.8, 4) is 0 Å². The van der Waals surface area contributed by atoms with E-state index in [0.717, 1.165) is 10.0 Å². The number of Topliss-reactive ketones (excluding diaryl/α,β-unsaturated/α-hetero) is 1. The fourth-order valence-electron chi connectivity index (χ4n) is 1.26. The summed E-state index contributed by atoms with van der Waals surface area (Å²) in [6.45, 7) is 3.75. The van der Waals surface area contributed by atoms with E-state index in [1.807, 2.05) is 38.1 Å². The average molecular weight is 270 g/mol. The molecule has 0 saturated heterocycles. The van der Waals surface area contributed by atoms with E-state index in [0.29, 0.717) is 6.42 Å². The lowest BCUT2D eigenvalue weighted by molar-refractivity contribution is -0.122. The number of rotatable bonds is 4. The summed E-state index contributed by atoms with van der Waals surface area (Å²) < 4.78 is 1.03. The topological polar surface area (TPSA) is 43.1 Å². The lowest BCUT2D eigenvalue weighted by Crippen LogP contribution is -2.31. The number of carbonyl (C=O) groups excluding carboxylic acids is 1. The van der Waals surface area contributed by atoms with Crippen LogP contribution in [0.3, 0.4) is 0 Å². The van der Waals surface area contributed by atoms with E-state index in [1.165, 1.54) is 0 Å². The Morgan fingerprint density at radius 3 is 2.33 bits per heavy atom. The van der Waals surface area contributed by atoms with Crippen molar-refractivity contribution in [2.75, 3.05) is 0 Å². The van der Waals surface area contributed by atoms with Gasteiger partial charge in [-0.2, -0.15) is 0 Å². The number of carbonyl (C=O) groups is 1. The predicted molar refractivity (Wildman–Crippen MR) is 65.7 cm³/mol. The van der Waals surface area contributed by atoms with E-state index in [4.69, 9.17) is 5.73 Å². The van der Waals surface area contributed by atoms with Crippen molar-refractivity contribution in [1.29, 1.82) is 0 Å². The van der Waals surface area contributed by atoms with Crippen LogP contribution in [-0.2, 0) is 11.2 Å². The van der Waals surface area contributed by atoms with Crippen LogP contribution in [0, 0.1) is 5.92 Å². The van der Waals surface area contributed by atoms with Gasteiger partial charge in [0.25, 0.3) is 0 Å².